The van der Waals surface area contributed by atoms with E-state index in [-0.39, 0.29) is 0 Å². The Balaban J connectivity index is 2.60. The first-order valence-electron chi connectivity index (χ1n) is 5.33. The zero-order valence-corrected chi connectivity index (χ0v) is 9.69. The molecule has 78 valence electrons. The molecule has 0 aromatic carbocycles. The van der Waals surface area contributed by atoms with Gasteiger partial charge in [-0.15, -0.1) is 0 Å². The molecule has 0 saturated carbocycles. The van der Waals surface area contributed by atoms with E-state index in [1.807, 2.05) is 0 Å². The number of hydrogen-bond acceptors (Lipinski definition) is 2. The van der Waals surface area contributed by atoms with Crippen LogP contribution in [0.5, 0.6) is 0 Å². The molecule has 1 aliphatic rings. The van der Waals surface area contributed by atoms with Crippen LogP contribution >= 0.6 is 0 Å². The first kappa shape index (κ1) is 11.2. The third-order valence-electron chi connectivity index (χ3n) is 2.81. The summed E-state index contributed by atoms with van der Waals surface area (Å²) in [5.41, 5.74) is 0. The molecule has 1 rings (SSSR count). The zero-order valence-electron chi connectivity index (χ0n) is 8.88. The van der Waals surface area contributed by atoms with Crippen molar-refractivity contribution in [2.45, 2.75) is 56.6 Å². The molecule has 13 heavy (non-hydrogen) atoms. The van der Waals surface area contributed by atoms with E-state index in [0.29, 0.717) is 16.5 Å². The molecule has 3 heteroatoms. The summed E-state index contributed by atoms with van der Waals surface area (Å²) >= 11 is 0. The predicted octanol–water partition coefficient (Wildman–Crippen LogP) is 1.67. The van der Waals surface area contributed by atoms with Gasteiger partial charge in [-0.05, 0) is 19.8 Å². The van der Waals surface area contributed by atoms with Crippen molar-refractivity contribution in [1.29, 1.82) is 0 Å². The molecule has 0 bridgehead atoms. The normalized spacial score (nSPS) is 40.5. The highest BCUT2D eigenvalue weighted by molar-refractivity contribution is 7.86. The molecule has 0 amide bonds. The quantitative estimate of drug-likeness (QED) is 0.756. The highest BCUT2D eigenvalue weighted by Crippen LogP contribution is 2.19. The summed E-state index contributed by atoms with van der Waals surface area (Å²) in [7, 11) is -0.617. The summed E-state index contributed by atoms with van der Waals surface area (Å²) < 4.78 is 11.9. The van der Waals surface area contributed by atoms with Crippen LogP contribution in [0.2, 0.25) is 0 Å². The van der Waals surface area contributed by atoms with E-state index >= 15 is 0 Å². The minimum Gasteiger partial charge on any atom is -0.312 e. The zero-order chi connectivity index (χ0) is 9.84. The first-order valence-corrected chi connectivity index (χ1v) is 6.61. The van der Waals surface area contributed by atoms with Crippen LogP contribution in [-0.4, -0.2) is 27.3 Å². The van der Waals surface area contributed by atoms with Gasteiger partial charge in [-0.25, -0.2) is 0 Å². The van der Waals surface area contributed by atoms with E-state index in [1.54, 1.807) is 0 Å². The number of nitrogens with one attached hydrogen (secondary N) is 1. The lowest BCUT2D eigenvalue weighted by Gasteiger charge is -2.34. The molecule has 0 radical (unpaired) electrons. The van der Waals surface area contributed by atoms with E-state index in [4.69, 9.17) is 0 Å². The minimum atomic E-state index is -0.617. The minimum absolute atomic E-state index is 0.332. The summed E-state index contributed by atoms with van der Waals surface area (Å²) in [6.45, 7) is 7.34. The molecule has 1 saturated heterocycles. The maximum Gasteiger partial charge on any atom is 0.0501 e. The van der Waals surface area contributed by atoms with E-state index in [1.165, 1.54) is 6.42 Å². The van der Waals surface area contributed by atoms with Crippen molar-refractivity contribution in [1.82, 2.24) is 5.32 Å². The van der Waals surface area contributed by atoms with Crippen LogP contribution < -0.4 is 5.32 Å². The lowest BCUT2D eigenvalue weighted by molar-refractivity contribution is 0.427. The van der Waals surface area contributed by atoms with Gasteiger partial charge in [-0.2, -0.15) is 0 Å². The highest BCUT2D eigenvalue weighted by atomic mass is 32.2. The van der Waals surface area contributed by atoms with Crippen LogP contribution in [0.4, 0.5) is 0 Å². The van der Waals surface area contributed by atoms with Gasteiger partial charge in [-0.3, -0.25) is 4.21 Å². The second-order valence-electron chi connectivity index (χ2n) is 3.89. The van der Waals surface area contributed by atoms with Gasteiger partial charge >= 0.3 is 0 Å². The summed E-state index contributed by atoms with van der Waals surface area (Å²) in [6, 6.07) is 0.493. The Bertz CT molecular complexity index is 184. The van der Waals surface area contributed by atoms with Gasteiger partial charge in [0.2, 0.25) is 0 Å². The Morgan fingerprint density at radius 3 is 2.69 bits per heavy atom. The average molecular weight is 203 g/mol. The van der Waals surface area contributed by atoms with Gasteiger partial charge in [0.1, 0.15) is 0 Å². The number of rotatable bonds is 3. The lowest BCUT2D eigenvalue weighted by Crippen LogP contribution is -2.52. The average Bonchev–Trinajstić information content (AvgIpc) is 2.12. The molecule has 1 fully saturated rings. The Labute approximate surface area is 83.9 Å². The number of hydrogen-bond donors (Lipinski definition) is 1. The molecule has 2 nitrogen and oxygen atoms in total. The molecule has 4 atom stereocenters. The molecule has 0 aromatic rings. The highest BCUT2D eigenvalue weighted by Gasteiger charge is 2.32. The maximum absolute atomic E-state index is 11.9. The van der Waals surface area contributed by atoms with Crippen LogP contribution in [0.15, 0.2) is 0 Å². The van der Waals surface area contributed by atoms with Gasteiger partial charge in [0.25, 0.3) is 0 Å². The molecule has 0 aliphatic carbocycles. The second-order valence-corrected chi connectivity index (χ2v) is 5.96. The molecule has 0 aromatic heterocycles. The van der Waals surface area contributed by atoms with Gasteiger partial charge in [0, 0.05) is 28.6 Å². The van der Waals surface area contributed by atoms with Crippen molar-refractivity contribution in [2.75, 3.05) is 6.54 Å². The summed E-state index contributed by atoms with van der Waals surface area (Å²) in [5.74, 6) is 0. The molecule has 4 unspecified atom stereocenters. The SMILES string of the molecule is CCCC1NCC(C)S(=O)C1CC. The van der Waals surface area contributed by atoms with Crippen molar-refractivity contribution in [3.63, 3.8) is 0 Å². The molecular formula is C10H21NOS. The van der Waals surface area contributed by atoms with Crippen LogP contribution in [-0.2, 0) is 10.8 Å². The second kappa shape index (κ2) is 5.11. The molecular weight excluding hydrogens is 182 g/mol. The van der Waals surface area contributed by atoms with Crippen LogP contribution in [0.25, 0.3) is 0 Å². The monoisotopic (exact) mass is 203 g/mol. The fourth-order valence-corrected chi connectivity index (χ4v) is 3.78. The van der Waals surface area contributed by atoms with Gasteiger partial charge in [-0.1, -0.05) is 20.3 Å². The van der Waals surface area contributed by atoms with E-state index in [0.717, 1.165) is 19.4 Å². The molecule has 1 heterocycles. The topological polar surface area (TPSA) is 29.1 Å². The summed E-state index contributed by atoms with van der Waals surface area (Å²) in [4.78, 5) is 0. The largest absolute Gasteiger partial charge is 0.312 e. The predicted molar refractivity (Wildman–Crippen MR) is 58.4 cm³/mol. The van der Waals surface area contributed by atoms with Crippen molar-refractivity contribution in [2.24, 2.45) is 0 Å². The smallest absolute Gasteiger partial charge is 0.0501 e. The van der Waals surface area contributed by atoms with Crippen molar-refractivity contribution < 1.29 is 4.21 Å². The maximum atomic E-state index is 11.9. The van der Waals surface area contributed by atoms with Gasteiger partial charge in [0.05, 0.1) is 5.25 Å². The Kier molecular flexibility index (Phi) is 4.39. The third kappa shape index (κ3) is 2.53. The molecule has 0 spiro atoms. The van der Waals surface area contributed by atoms with E-state index in [9.17, 15) is 4.21 Å². The Hall–Kier alpha value is 0.110. The summed E-state index contributed by atoms with van der Waals surface area (Å²) in [6.07, 6.45) is 3.38. The van der Waals surface area contributed by atoms with Crippen LogP contribution in [0.3, 0.4) is 0 Å². The fourth-order valence-electron chi connectivity index (χ4n) is 2.04. The first-order chi connectivity index (χ1) is 6.20. The lowest BCUT2D eigenvalue weighted by atomic mass is 10.1. The van der Waals surface area contributed by atoms with E-state index < -0.39 is 10.8 Å². The fraction of sp³-hybridized carbons (Fsp3) is 1.00. The third-order valence-corrected chi connectivity index (χ3v) is 5.03. The van der Waals surface area contributed by atoms with Crippen molar-refractivity contribution >= 4 is 10.8 Å². The standard InChI is InChI=1S/C10H21NOS/c1-4-6-9-10(5-2)13(12)8(3)7-11-9/h8-11H,4-7H2,1-3H3. The molecule has 1 N–H and O–H groups in total. The van der Waals surface area contributed by atoms with E-state index in [2.05, 4.69) is 26.1 Å². The van der Waals surface area contributed by atoms with Crippen LogP contribution in [0.1, 0.15) is 40.0 Å². The van der Waals surface area contributed by atoms with Crippen LogP contribution in [0, 0.1) is 0 Å². The molecule has 1 aliphatic heterocycles. The van der Waals surface area contributed by atoms with Crippen molar-refractivity contribution in [3.05, 3.63) is 0 Å². The van der Waals surface area contributed by atoms with Gasteiger partial charge in [0.15, 0.2) is 0 Å². The summed E-state index contributed by atoms with van der Waals surface area (Å²) in [5, 5.41) is 4.22. The Morgan fingerprint density at radius 1 is 1.46 bits per heavy atom. The van der Waals surface area contributed by atoms with Crippen molar-refractivity contribution in [3.8, 4) is 0 Å². The Morgan fingerprint density at radius 2 is 2.15 bits per heavy atom. The van der Waals surface area contributed by atoms with Gasteiger partial charge < -0.3 is 5.32 Å².